The molecule has 0 unspecified atom stereocenters. The third-order valence-corrected chi connectivity index (χ3v) is 3.16. The van der Waals surface area contributed by atoms with E-state index in [0.29, 0.717) is 5.69 Å². The number of nitrogen functional groups attached to an aromatic ring is 1. The fourth-order valence-electron chi connectivity index (χ4n) is 2.16. The van der Waals surface area contributed by atoms with Gasteiger partial charge in [-0.05, 0) is 11.6 Å². The second-order valence-corrected chi connectivity index (χ2v) is 4.88. The highest BCUT2D eigenvalue weighted by molar-refractivity contribution is 5.79. The zero-order chi connectivity index (χ0) is 17.2. The first-order chi connectivity index (χ1) is 11.4. The Morgan fingerprint density at radius 2 is 1.50 bits per heavy atom. The molecule has 24 heavy (non-hydrogen) atoms. The highest BCUT2D eigenvalue weighted by Gasteiger charge is 2.35. The van der Waals surface area contributed by atoms with Crippen molar-refractivity contribution in [1.29, 1.82) is 0 Å². The Labute approximate surface area is 135 Å². The van der Waals surface area contributed by atoms with Crippen molar-refractivity contribution in [2.24, 2.45) is 0 Å². The molecule has 8 heteroatoms. The van der Waals surface area contributed by atoms with Crippen LogP contribution in [0.3, 0.4) is 0 Å². The van der Waals surface area contributed by atoms with Crippen LogP contribution < -0.4 is 11.1 Å². The van der Waals surface area contributed by atoms with Crippen LogP contribution in [0.2, 0.25) is 0 Å². The van der Waals surface area contributed by atoms with Crippen molar-refractivity contribution in [3.05, 3.63) is 60.4 Å². The molecule has 122 valence electrons. The maximum atomic E-state index is 12.8. The molecule has 0 saturated carbocycles. The van der Waals surface area contributed by atoms with Crippen molar-refractivity contribution >= 4 is 17.6 Å². The number of benzene rings is 2. The lowest BCUT2D eigenvalue weighted by atomic mass is 10.0. The summed E-state index contributed by atoms with van der Waals surface area (Å²) in [4.78, 5) is 10.2. The zero-order valence-electron chi connectivity index (χ0n) is 12.2. The van der Waals surface area contributed by atoms with Crippen molar-refractivity contribution in [2.45, 2.75) is 6.18 Å². The summed E-state index contributed by atoms with van der Waals surface area (Å²) in [5.74, 6) is -2.11. The summed E-state index contributed by atoms with van der Waals surface area (Å²) >= 11 is 0. The average molecular weight is 331 g/mol. The highest BCUT2D eigenvalue weighted by Crippen LogP contribution is 2.31. The smallest absolute Gasteiger partial charge is 0.368 e. The van der Waals surface area contributed by atoms with E-state index in [4.69, 9.17) is 5.73 Å². The number of hydrogen-bond donors (Lipinski definition) is 2. The Balaban J connectivity index is 2.00. The number of hydrogen-bond acceptors (Lipinski definition) is 5. The van der Waals surface area contributed by atoms with Gasteiger partial charge in [-0.15, -0.1) is 0 Å². The van der Waals surface area contributed by atoms with E-state index in [1.807, 2.05) is 42.5 Å². The SMILES string of the molecule is Nc1nc(Nc2ccccc2-c2ccccc2)nc(C(F)(F)F)n1. The van der Waals surface area contributed by atoms with Crippen LogP contribution in [0.5, 0.6) is 0 Å². The van der Waals surface area contributed by atoms with Gasteiger partial charge in [-0.1, -0.05) is 48.5 Å². The minimum atomic E-state index is -4.70. The number of anilines is 3. The van der Waals surface area contributed by atoms with Crippen molar-refractivity contribution in [3.8, 4) is 11.1 Å². The Hall–Kier alpha value is -3.16. The maximum Gasteiger partial charge on any atom is 0.451 e. The molecule has 0 spiro atoms. The lowest BCUT2D eigenvalue weighted by Crippen LogP contribution is -2.15. The second-order valence-electron chi connectivity index (χ2n) is 4.88. The van der Waals surface area contributed by atoms with E-state index >= 15 is 0 Å². The van der Waals surface area contributed by atoms with E-state index in [1.54, 1.807) is 12.1 Å². The monoisotopic (exact) mass is 331 g/mol. The normalized spacial score (nSPS) is 11.3. The molecule has 3 rings (SSSR count). The lowest BCUT2D eigenvalue weighted by molar-refractivity contribution is -0.144. The van der Waals surface area contributed by atoms with Crippen molar-refractivity contribution in [1.82, 2.24) is 15.0 Å². The average Bonchev–Trinajstić information content (AvgIpc) is 2.55. The van der Waals surface area contributed by atoms with Crippen LogP contribution in [0.25, 0.3) is 11.1 Å². The molecule has 0 aliphatic rings. The number of nitrogens with one attached hydrogen (secondary N) is 1. The molecular formula is C16H12F3N5. The molecule has 2 aromatic carbocycles. The molecule has 0 atom stereocenters. The molecule has 3 aromatic rings. The number of nitrogens with two attached hydrogens (primary N) is 1. The molecule has 0 radical (unpaired) electrons. The molecule has 0 saturated heterocycles. The number of nitrogens with zero attached hydrogens (tertiary/aromatic N) is 3. The molecule has 5 nitrogen and oxygen atoms in total. The molecule has 1 aromatic heterocycles. The van der Waals surface area contributed by atoms with Gasteiger partial charge in [-0.25, -0.2) is 0 Å². The zero-order valence-corrected chi connectivity index (χ0v) is 12.2. The number of rotatable bonds is 3. The molecule has 0 fully saturated rings. The molecule has 0 amide bonds. The van der Waals surface area contributed by atoms with Gasteiger partial charge in [0, 0.05) is 11.3 Å². The molecule has 0 aliphatic carbocycles. The van der Waals surface area contributed by atoms with E-state index in [-0.39, 0.29) is 5.95 Å². The van der Waals surface area contributed by atoms with E-state index in [1.165, 1.54) is 0 Å². The number of alkyl halides is 3. The van der Waals surface area contributed by atoms with Gasteiger partial charge >= 0.3 is 6.18 Å². The first-order valence-electron chi connectivity index (χ1n) is 6.94. The first-order valence-corrected chi connectivity index (χ1v) is 6.94. The predicted octanol–water partition coefficient (Wildman–Crippen LogP) is 3.88. The Bertz CT molecular complexity index is 850. The van der Waals surface area contributed by atoms with E-state index in [2.05, 4.69) is 20.3 Å². The Kier molecular flexibility index (Phi) is 4.03. The van der Waals surface area contributed by atoms with Gasteiger partial charge in [0.05, 0.1) is 0 Å². The summed E-state index contributed by atoms with van der Waals surface area (Å²) in [6, 6.07) is 16.5. The van der Waals surface area contributed by atoms with Crippen LogP contribution in [0, 0.1) is 0 Å². The van der Waals surface area contributed by atoms with Gasteiger partial charge < -0.3 is 11.1 Å². The Morgan fingerprint density at radius 3 is 2.21 bits per heavy atom. The summed E-state index contributed by atoms with van der Waals surface area (Å²) in [6.45, 7) is 0. The maximum absolute atomic E-state index is 12.8. The van der Waals surface area contributed by atoms with Crippen LogP contribution >= 0.6 is 0 Å². The summed E-state index contributed by atoms with van der Waals surface area (Å²) in [6.07, 6.45) is -4.70. The number of halogens is 3. The predicted molar refractivity (Wildman–Crippen MR) is 84.4 cm³/mol. The van der Waals surface area contributed by atoms with Crippen molar-refractivity contribution in [3.63, 3.8) is 0 Å². The topological polar surface area (TPSA) is 76.7 Å². The van der Waals surface area contributed by atoms with Crippen LogP contribution in [0.4, 0.5) is 30.8 Å². The summed E-state index contributed by atoms with van der Waals surface area (Å²) < 4.78 is 38.4. The van der Waals surface area contributed by atoms with E-state index in [9.17, 15) is 13.2 Å². The first kappa shape index (κ1) is 15.7. The van der Waals surface area contributed by atoms with Crippen LogP contribution in [-0.2, 0) is 6.18 Å². The summed E-state index contributed by atoms with van der Waals surface area (Å²) in [5, 5.41) is 2.78. The molecule has 3 N–H and O–H groups in total. The fraction of sp³-hybridized carbons (Fsp3) is 0.0625. The second kappa shape index (κ2) is 6.15. The van der Waals surface area contributed by atoms with E-state index < -0.39 is 17.9 Å². The molecule has 1 heterocycles. The standard InChI is InChI=1S/C16H12F3N5/c17-16(18,19)13-22-14(20)24-15(23-13)21-12-9-5-4-8-11(12)10-6-2-1-3-7-10/h1-9H,(H3,20,21,22,23,24). The van der Waals surface area contributed by atoms with Gasteiger partial charge in [0.15, 0.2) is 0 Å². The Morgan fingerprint density at radius 1 is 0.833 bits per heavy atom. The molecular weight excluding hydrogens is 319 g/mol. The minimum Gasteiger partial charge on any atom is -0.368 e. The van der Waals surface area contributed by atoms with E-state index in [0.717, 1.165) is 11.1 Å². The molecule has 0 bridgehead atoms. The lowest BCUT2D eigenvalue weighted by Gasteiger charge is -2.12. The van der Waals surface area contributed by atoms with Crippen molar-refractivity contribution < 1.29 is 13.2 Å². The van der Waals surface area contributed by atoms with Gasteiger partial charge in [0.25, 0.3) is 0 Å². The fourth-order valence-corrected chi connectivity index (χ4v) is 2.16. The van der Waals surface area contributed by atoms with Gasteiger partial charge in [-0.3, -0.25) is 0 Å². The number of aromatic nitrogens is 3. The van der Waals surface area contributed by atoms with Gasteiger partial charge in [0.1, 0.15) is 0 Å². The largest absolute Gasteiger partial charge is 0.451 e. The minimum absolute atomic E-state index is 0.266. The summed E-state index contributed by atoms with van der Waals surface area (Å²) in [7, 11) is 0. The molecule has 0 aliphatic heterocycles. The third-order valence-electron chi connectivity index (χ3n) is 3.16. The van der Waals surface area contributed by atoms with Gasteiger partial charge in [0.2, 0.25) is 17.7 Å². The van der Waals surface area contributed by atoms with Crippen LogP contribution in [0.15, 0.2) is 54.6 Å². The van der Waals surface area contributed by atoms with Gasteiger partial charge in [-0.2, -0.15) is 28.1 Å². The quantitative estimate of drug-likeness (QED) is 0.761. The summed E-state index contributed by atoms with van der Waals surface area (Å²) in [5.41, 5.74) is 7.61. The highest BCUT2D eigenvalue weighted by atomic mass is 19.4. The number of para-hydroxylation sites is 1. The van der Waals surface area contributed by atoms with Crippen molar-refractivity contribution in [2.75, 3.05) is 11.1 Å². The van der Waals surface area contributed by atoms with Crippen LogP contribution in [-0.4, -0.2) is 15.0 Å². The van der Waals surface area contributed by atoms with Crippen LogP contribution in [0.1, 0.15) is 5.82 Å². The third kappa shape index (κ3) is 3.43.